The molecule has 0 saturated carbocycles. The lowest BCUT2D eigenvalue weighted by Crippen LogP contribution is -2.22. The maximum absolute atomic E-state index is 12.6. The highest BCUT2D eigenvalue weighted by Crippen LogP contribution is 2.31. The van der Waals surface area contributed by atoms with E-state index in [1.807, 2.05) is 31.2 Å². The summed E-state index contributed by atoms with van der Waals surface area (Å²) in [5.74, 6) is -1.12. The van der Waals surface area contributed by atoms with Gasteiger partial charge in [-0.05, 0) is 54.5 Å². The number of carboxylic acids is 1. The number of ether oxygens (including phenoxy) is 2. The maximum atomic E-state index is 12.6. The summed E-state index contributed by atoms with van der Waals surface area (Å²) in [6.07, 6.45) is 1.40. The van der Waals surface area contributed by atoms with E-state index in [-0.39, 0.29) is 23.4 Å². The van der Waals surface area contributed by atoms with Crippen LogP contribution in [-0.4, -0.2) is 18.5 Å². The van der Waals surface area contributed by atoms with E-state index >= 15 is 0 Å². The largest absolute Gasteiger partial charge is 0.545 e. The number of benzene rings is 3. The highest BCUT2D eigenvalue weighted by atomic mass is 35.5. The number of nitrogens with zero attached hydrogens (tertiary/aromatic N) is 1. The van der Waals surface area contributed by atoms with Crippen LogP contribution in [0.25, 0.3) is 6.08 Å². The zero-order valence-corrected chi connectivity index (χ0v) is 19.0. The molecule has 1 amide bonds. The molecule has 1 N–H and O–H groups in total. The van der Waals surface area contributed by atoms with E-state index < -0.39 is 11.9 Å². The fourth-order valence-corrected chi connectivity index (χ4v) is 3.20. The molecule has 0 radical (unpaired) electrons. The summed E-state index contributed by atoms with van der Waals surface area (Å²) >= 11 is 6.18. The average Bonchev–Trinajstić information content (AvgIpc) is 2.83. The van der Waals surface area contributed by atoms with Gasteiger partial charge >= 0.3 is 0 Å². The minimum Gasteiger partial charge on any atom is -0.545 e. The molecule has 0 bridgehead atoms. The van der Waals surface area contributed by atoms with Crippen LogP contribution in [0.1, 0.15) is 28.4 Å². The number of nitriles is 1. The second-order valence-corrected chi connectivity index (χ2v) is 7.42. The van der Waals surface area contributed by atoms with Crippen LogP contribution >= 0.6 is 11.6 Å². The number of carbonyl (C=O) groups is 2. The van der Waals surface area contributed by atoms with E-state index in [4.69, 9.17) is 21.1 Å². The number of halogens is 1. The first-order valence-corrected chi connectivity index (χ1v) is 10.7. The number of rotatable bonds is 9. The number of carboxylic acid groups (broad SMARTS) is 1. The van der Waals surface area contributed by atoms with Crippen molar-refractivity contribution in [3.8, 4) is 17.6 Å². The number of anilines is 1. The number of carbonyl (C=O) groups excluding carboxylic acids is 2. The molecule has 0 heterocycles. The highest BCUT2D eigenvalue weighted by molar-refractivity contribution is 6.31. The van der Waals surface area contributed by atoms with Gasteiger partial charge in [0.2, 0.25) is 0 Å². The van der Waals surface area contributed by atoms with Gasteiger partial charge in [0.05, 0.1) is 12.6 Å². The molecule has 8 heteroatoms. The molecule has 0 unspecified atom stereocenters. The predicted molar refractivity (Wildman–Crippen MR) is 126 cm³/mol. The minimum atomic E-state index is -1.37. The predicted octanol–water partition coefficient (Wildman–Crippen LogP) is 4.23. The van der Waals surface area contributed by atoms with Gasteiger partial charge in [0.25, 0.3) is 5.91 Å². The Kier molecular flexibility index (Phi) is 8.27. The summed E-state index contributed by atoms with van der Waals surface area (Å²) in [5.41, 5.74) is 1.33. The standard InChI is InChI=1S/C26H21ClN2O5/c1-2-33-24-13-17(10-11-23(24)34-16-19-6-3-4-9-22(19)27)12-20(15-28)25(30)29-21-8-5-7-18(14-21)26(31)32/h3-14H,2,16H2,1H3,(H,29,30)(H,31,32)/p-1/b20-12+. The van der Waals surface area contributed by atoms with Gasteiger partial charge in [0, 0.05) is 16.3 Å². The third kappa shape index (κ3) is 6.37. The molecule has 3 rings (SSSR count). The normalized spacial score (nSPS) is 10.8. The quantitative estimate of drug-likeness (QED) is 0.366. The Bertz CT molecular complexity index is 1280. The maximum Gasteiger partial charge on any atom is 0.266 e. The van der Waals surface area contributed by atoms with Gasteiger partial charge in [-0.2, -0.15) is 5.26 Å². The van der Waals surface area contributed by atoms with E-state index in [1.165, 1.54) is 30.3 Å². The molecular weight excluding hydrogens is 456 g/mol. The highest BCUT2D eigenvalue weighted by Gasteiger charge is 2.12. The number of nitrogens with one attached hydrogen (secondary N) is 1. The fourth-order valence-electron chi connectivity index (χ4n) is 3.01. The van der Waals surface area contributed by atoms with Crippen molar-refractivity contribution >= 4 is 35.2 Å². The number of hydrogen-bond acceptors (Lipinski definition) is 6. The lowest BCUT2D eigenvalue weighted by atomic mass is 10.1. The molecule has 7 nitrogen and oxygen atoms in total. The van der Waals surface area contributed by atoms with Crippen molar-refractivity contribution in [2.24, 2.45) is 0 Å². The van der Waals surface area contributed by atoms with Crippen molar-refractivity contribution < 1.29 is 24.2 Å². The van der Waals surface area contributed by atoms with Crippen LogP contribution in [0.5, 0.6) is 11.5 Å². The zero-order chi connectivity index (χ0) is 24.5. The van der Waals surface area contributed by atoms with Gasteiger partial charge in [-0.25, -0.2) is 0 Å². The van der Waals surface area contributed by atoms with Crippen LogP contribution in [0.15, 0.2) is 72.3 Å². The van der Waals surface area contributed by atoms with Gasteiger partial charge in [0.15, 0.2) is 11.5 Å². The number of amides is 1. The molecule has 34 heavy (non-hydrogen) atoms. The third-order valence-corrected chi connectivity index (χ3v) is 5.01. The van der Waals surface area contributed by atoms with Crippen molar-refractivity contribution in [1.82, 2.24) is 0 Å². The van der Waals surface area contributed by atoms with Gasteiger partial charge in [-0.3, -0.25) is 4.79 Å². The van der Waals surface area contributed by atoms with Crippen molar-refractivity contribution in [3.05, 3.63) is 94.0 Å². The summed E-state index contributed by atoms with van der Waals surface area (Å²) in [6.45, 7) is 2.46. The second kappa shape index (κ2) is 11.5. The Morgan fingerprint density at radius 2 is 1.85 bits per heavy atom. The van der Waals surface area contributed by atoms with Crippen LogP contribution < -0.4 is 19.9 Å². The summed E-state index contributed by atoms with van der Waals surface area (Å²) in [4.78, 5) is 23.6. The molecule has 0 aliphatic rings. The molecule has 0 fully saturated rings. The molecule has 0 spiro atoms. The molecular formula is C26H20ClN2O5-. The van der Waals surface area contributed by atoms with Crippen molar-refractivity contribution in [3.63, 3.8) is 0 Å². The van der Waals surface area contributed by atoms with E-state index in [1.54, 1.807) is 24.3 Å². The van der Waals surface area contributed by atoms with E-state index in [2.05, 4.69) is 5.32 Å². The van der Waals surface area contributed by atoms with Crippen LogP contribution in [0.3, 0.4) is 0 Å². The molecule has 3 aromatic rings. The molecule has 0 aromatic heterocycles. The Morgan fingerprint density at radius 1 is 1.06 bits per heavy atom. The Hall–Kier alpha value is -4.28. The molecule has 0 aliphatic carbocycles. The van der Waals surface area contributed by atoms with E-state index in [9.17, 15) is 20.0 Å². The van der Waals surface area contributed by atoms with Gasteiger partial charge < -0.3 is 24.7 Å². The van der Waals surface area contributed by atoms with Crippen LogP contribution in [0.2, 0.25) is 5.02 Å². The second-order valence-electron chi connectivity index (χ2n) is 7.01. The summed E-state index contributed by atoms with van der Waals surface area (Å²) < 4.78 is 11.5. The molecule has 0 aliphatic heterocycles. The van der Waals surface area contributed by atoms with Gasteiger partial charge in [-0.1, -0.05) is 48.0 Å². The van der Waals surface area contributed by atoms with Gasteiger partial charge in [0.1, 0.15) is 18.2 Å². The van der Waals surface area contributed by atoms with E-state index in [0.717, 1.165) is 5.56 Å². The van der Waals surface area contributed by atoms with E-state index in [0.29, 0.717) is 28.7 Å². The molecule has 0 saturated heterocycles. The number of aromatic carboxylic acids is 1. The minimum absolute atomic E-state index is 0.0889. The first-order chi connectivity index (χ1) is 16.4. The van der Waals surface area contributed by atoms with Crippen LogP contribution in [0, 0.1) is 11.3 Å². The Labute approximate surface area is 201 Å². The van der Waals surface area contributed by atoms with Gasteiger partial charge in [-0.15, -0.1) is 0 Å². The fraction of sp³-hybridized carbons (Fsp3) is 0.115. The average molecular weight is 476 g/mol. The number of hydrogen-bond donors (Lipinski definition) is 1. The van der Waals surface area contributed by atoms with Crippen LogP contribution in [0.4, 0.5) is 5.69 Å². The summed E-state index contributed by atoms with van der Waals surface area (Å²) in [7, 11) is 0. The Balaban J connectivity index is 1.79. The smallest absolute Gasteiger partial charge is 0.266 e. The monoisotopic (exact) mass is 475 g/mol. The summed E-state index contributed by atoms with van der Waals surface area (Å²) in [5, 5.41) is 23.6. The van der Waals surface area contributed by atoms with Crippen molar-refractivity contribution in [2.75, 3.05) is 11.9 Å². The summed E-state index contributed by atoms with van der Waals surface area (Å²) in [6, 6.07) is 19.8. The molecule has 172 valence electrons. The first kappa shape index (κ1) is 24.4. The third-order valence-electron chi connectivity index (χ3n) is 4.64. The van der Waals surface area contributed by atoms with Crippen molar-refractivity contribution in [1.29, 1.82) is 5.26 Å². The topological polar surface area (TPSA) is 111 Å². The first-order valence-electron chi connectivity index (χ1n) is 10.3. The zero-order valence-electron chi connectivity index (χ0n) is 18.2. The molecule has 3 aromatic carbocycles. The Morgan fingerprint density at radius 3 is 2.56 bits per heavy atom. The lowest BCUT2D eigenvalue weighted by Gasteiger charge is -2.13. The van der Waals surface area contributed by atoms with Crippen LogP contribution in [-0.2, 0) is 11.4 Å². The SMILES string of the molecule is CCOc1cc(/C=C(\C#N)C(=O)Nc2cccc(C(=O)[O-])c2)ccc1OCc1ccccc1Cl. The molecule has 0 atom stereocenters. The van der Waals surface area contributed by atoms with Crippen molar-refractivity contribution in [2.45, 2.75) is 13.5 Å². The lowest BCUT2D eigenvalue weighted by molar-refractivity contribution is -0.255.